The Morgan fingerprint density at radius 2 is 2.44 bits per heavy atom. The Labute approximate surface area is 54.9 Å². The average Bonchev–Trinajstić information content (AvgIpc) is 2.44. The molecule has 0 heterocycles. The van der Waals surface area contributed by atoms with Crippen molar-refractivity contribution >= 4 is 5.97 Å². The molecule has 2 atom stereocenters. The van der Waals surface area contributed by atoms with Gasteiger partial charge in [-0.25, -0.2) is 0 Å². The number of aliphatic carboxylic acids is 1. The lowest BCUT2D eigenvalue weighted by atomic mass is 10.1. The van der Waals surface area contributed by atoms with E-state index in [0.717, 1.165) is 12.8 Å². The van der Waals surface area contributed by atoms with Gasteiger partial charge >= 0.3 is 5.97 Å². The number of carbonyl (C=O) groups is 1. The molecule has 0 radical (unpaired) electrons. The molecule has 1 N–H and O–H groups in total. The van der Waals surface area contributed by atoms with E-state index in [1.54, 1.807) is 0 Å². The third-order valence-corrected chi connectivity index (χ3v) is 2.39. The maximum absolute atomic E-state index is 10.5. The van der Waals surface area contributed by atoms with Crippen LogP contribution in [-0.4, -0.2) is 11.1 Å². The van der Waals surface area contributed by atoms with Crippen LogP contribution in [0.2, 0.25) is 0 Å². The quantitative estimate of drug-likeness (QED) is 0.612. The molecule has 0 aromatic rings. The van der Waals surface area contributed by atoms with Crippen LogP contribution < -0.4 is 0 Å². The van der Waals surface area contributed by atoms with Crippen molar-refractivity contribution in [1.29, 1.82) is 0 Å². The first-order valence-corrected chi connectivity index (χ1v) is 3.34. The van der Waals surface area contributed by atoms with Gasteiger partial charge in [0.2, 0.25) is 0 Å². The molecule has 0 aromatic carbocycles. The maximum atomic E-state index is 10.5. The number of carboxylic acid groups (broad SMARTS) is 1. The van der Waals surface area contributed by atoms with Crippen molar-refractivity contribution in [2.45, 2.75) is 26.7 Å². The second-order valence-electron chi connectivity index (χ2n) is 3.03. The lowest BCUT2D eigenvalue weighted by Crippen LogP contribution is -2.12. The van der Waals surface area contributed by atoms with Crippen molar-refractivity contribution in [3.8, 4) is 0 Å². The summed E-state index contributed by atoms with van der Waals surface area (Å²) in [4.78, 5) is 10.5. The molecule has 0 bridgehead atoms. The Kier molecular flexibility index (Phi) is 1.26. The summed E-state index contributed by atoms with van der Waals surface area (Å²) in [5.74, 6) is -0.190. The first-order valence-electron chi connectivity index (χ1n) is 3.34. The van der Waals surface area contributed by atoms with Gasteiger partial charge < -0.3 is 5.11 Å². The van der Waals surface area contributed by atoms with Crippen molar-refractivity contribution in [2.75, 3.05) is 0 Å². The van der Waals surface area contributed by atoms with Crippen molar-refractivity contribution in [1.82, 2.24) is 0 Å². The summed E-state index contributed by atoms with van der Waals surface area (Å²) in [6.07, 6.45) is 1.88. The van der Waals surface area contributed by atoms with Gasteiger partial charge in [0.15, 0.2) is 0 Å². The van der Waals surface area contributed by atoms with Crippen LogP contribution in [0.3, 0.4) is 0 Å². The van der Waals surface area contributed by atoms with Gasteiger partial charge in [-0.05, 0) is 19.3 Å². The molecule has 2 heteroatoms. The van der Waals surface area contributed by atoms with Crippen molar-refractivity contribution in [3.63, 3.8) is 0 Å². The second kappa shape index (κ2) is 1.72. The van der Waals surface area contributed by atoms with E-state index in [1.165, 1.54) is 0 Å². The molecule has 2 nitrogen and oxygen atoms in total. The number of hydrogen-bond donors (Lipinski definition) is 1. The van der Waals surface area contributed by atoms with E-state index in [1.807, 2.05) is 13.8 Å². The lowest BCUT2D eigenvalue weighted by Gasteiger charge is -2.00. The van der Waals surface area contributed by atoms with Crippen LogP contribution in [0.15, 0.2) is 0 Å². The Morgan fingerprint density at radius 3 is 2.56 bits per heavy atom. The summed E-state index contributed by atoms with van der Waals surface area (Å²) in [6, 6.07) is 0. The predicted octanol–water partition coefficient (Wildman–Crippen LogP) is 1.51. The van der Waals surface area contributed by atoms with Crippen LogP contribution in [0.5, 0.6) is 0 Å². The van der Waals surface area contributed by atoms with E-state index in [4.69, 9.17) is 5.11 Å². The molecule has 1 rings (SSSR count). The second-order valence-corrected chi connectivity index (χ2v) is 3.03. The molecule has 52 valence electrons. The van der Waals surface area contributed by atoms with Crippen molar-refractivity contribution < 1.29 is 9.90 Å². The molecule has 1 fully saturated rings. The van der Waals surface area contributed by atoms with E-state index >= 15 is 0 Å². The topological polar surface area (TPSA) is 37.3 Å². The molecule has 0 aromatic heterocycles. The van der Waals surface area contributed by atoms with Gasteiger partial charge in [0.1, 0.15) is 0 Å². The molecule has 1 saturated carbocycles. The van der Waals surface area contributed by atoms with Crippen molar-refractivity contribution in [2.24, 2.45) is 11.3 Å². The summed E-state index contributed by atoms with van der Waals surface area (Å²) in [6.45, 7) is 3.86. The third-order valence-electron chi connectivity index (χ3n) is 2.39. The minimum Gasteiger partial charge on any atom is -0.481 e. The van der Waals surface area contributed by atoms with Gasteiger partial charge in [-0.2, -0.15) is 0 Å². The summed E-state index contributed by atoms with van der Waals surface area (Å²) >= 11 is 0. The SMILES string of the molecule is CCC1CC1(C)C(=O)O. The summed E-state index contributed by atoms with van der Waals surface area (Å²) in [5.41, 5.74) is -0.366. The van der Waals surface area contributed by atoms with Gasteiger partial charge in [0.05, 0.1) is 5.41 Å². The maximum Gasteiger partial charge on any atom is 0.309 e. The lowest BCUT2D eigenvalue weighted by molar-refractivity contribution is -0.143. The minimum atomic E-state index is -0.630. The van der Waals surface area contributed by atoms with Crippen LogP contribution in [0.25, 0.3) is 0 Å². The van der Waals surface area contributed by atoms with Gasteiger partial charge in [-0.15, -0.1) is 0 Å². The first kappa shape index (κ1) is 6.59. The van der Waals surface area contributed by atoms with Crippen molar-refractivity contribution in [3.05, 3.63) is 0 Å². The zero-order chi connectivity index (χ0) is 7.07. The molecular weight excluding hydrogens is 116 g/mol. The Morgan fingerprint density at radius 1 is 1.89 bits per heavy atom. The zero-order valence-corrected chi connectivity index (χ0v) is 5.85. The highest BCUT2D eigenvalue weighted by Gasteiger charge is 2.54. The molecule has 9 heavy (non-hydrogen) atoms. The Balaban J connectivity index is 2.52. The minimum absolute atomic E-state index is 0.366. The van der Waals surface area contributed by atoms with Crippen LogP contribution in [-0.2, 0) is 4.79 Å². The molecule has 1 aliphatic rings. The van der Waals surface area contributed by atoms with E-state index in [9.17, 15) is 4.79 Å². The van der Waals surface area contributed by atoms with Crippen LogP contribution in [0.1, 0.15) is 26.7 Å². The predicted molar refractivity (Wildman–Crippen MR) is 34.1 cm³/mol. The monoisotopic (exact) mass is 128 g/mol. The highest BCUT2D eigenvalue weighted by molar-refractivity contribution is 5.77. The van der Waals surface area contributed by atoms with Gasteiger partial charge in [-0.3, -0.25) is 4.79 Å². The standard InChI is InChI=1S/C7H12O2/c1-3-5-4-7(5,2)6(8)9/h5H,3-4H2,1-2H3,(H,8,9). The van der Waals surface area contributed by atoms with Gasteiger partial charge in [0.25, 0.3) is 0 Å². The molecule has 2 unspecified atom stereocenters. The molecule has 0 spiro atoms. The molecule has 0 amide bonds. The molecule has 0 aliphatic heterocycles. The highest BCUT2D eigenvalue weighted by Crippen LogP contribution is 2.53. The van der Waals surface area contributed by atoms with Crippen LogP contribution >= 0.6 is 0 Å². The van der Waals surface area contributed by atoms with Crippen LogP contribution in [0, 0.1) is 11.3 Å². The Hall–Kier alpha value is -0.530. The number of rotatable bonds is 2. The van der Waals surface area contributed by atoms with E-state index in [2.05, 4.69) is 0 Å². The number of carboxylic acids is 1. The fraction of sp³-hybridized carbons (Fsp3) is 0.857. The molecule has 0 saturated heterocycles. The fourth-order valence-corrected chi connectivity index (χ4v) is 1.31. The van der Waals surface area contributed by atoms with Gasteiger partial charge in [-0.1, -0.05) is 13.3 Å². The van der Waals surface area contributed by atoms with E-state index in [0.29, 0.717) is 5.92 Å². The smallest absolute Gasteiger partial charge is 0.309 e. The van der Waals surface area contributed by atoms with Gasteiger partial charge in [0, 0.05) is 0 Å². The summed E-state index contributed by atoms with van der Waals surface area (Å²) in [5, 5.41) is 8.61. The van der Waals surface area contributed by atoms with E-state index in [-0.39, 0.29) is 5.41 Å². The molecule has 1 aliphatic carbocycles. The summed E-state index contributed by atoms with van der Waals surface area (Å²) in [7, 11) is 0. The van der Waals surface area contributed by atoms with E-state index < -0.39 is 5.97 Å². The highest BCUT2D eigenvalue weighted by atomic mass is 16.4. The Bertz CT molecular complexity index is 142. The molecular formula is C7H12O2. The zero-order valence-electron chi connectivity index (χ0n) is 5.85. The third kappa shape index (κ3) is 0.824. The normalized spacial score (nSPS) is 40.4. The largest absolute Gasteiger partial charge is 0.481 e. The number of hydrogen-bond acceptors (Lipinski definition) is 1. The average molecular weight is 128 g/mol. The summed E-state index contributed by atoms with van der Waals surface area (Å²) < 4.78 is 0. The fourth-order valence-electron chi connectivity index (χ4n) is 1.31. The van der Waals surface area contributed by atoms with Crippen LogP contribution in [0.4, 0.5) is 0 Å². The first-order chi connectivity index (χ1) is 4.11.